The first-order valence-electron chi connectivity index (χ1n) is 9.93. The zero-order chi connectivity index (χ0) is 22.7. The summed E-state index contributed by atoms with van der Waals surface area (Å²) in [6.07, 6.45) is 0.556. The zero-order valence-electron chi connectivity index (χ0n) is 17.2. The fraction of sp³-hybridized carbons (Fsp3) is 0.273. The molecule has 1 aliphatic rings. The molecule has 0 aliphatic carbocycles. The number of hydrogen-bond donors (Lipinski definition) is 1. The van der Waals surface area contributed by atoms with Gasteiger partial charge in [-0.3, -0.25) is 13.9 Å². The van der Waals surface area contributed by atoms with Gasteiger partial charge in [0.25, 0.3) is 5.56 Å². The predicted molar refractivity (Wildman–Crippen MR) is 122 cm³/mol. The van der Waals surface area contributed by atoms with Gasteiger partial charge in [-0.1, -0.05) is 23.7 Å². The lowest BCUT2D eigenvalue weighted by atomic mass is 9.99. The van der Waals surface area contributed by atoms with E-state index in [0.717, 1.165) is 15.3 Å². The van der Waals surface area contributed by atoms with E-state index >= 15 is 0 Å². The number of aliphatic hydroxyl groups is 1. The summed E-state index contributed by atoms with van der Waals surface area (Å²) in [6, 6.07) is 8.80. The number of fused-ring (bicyclic) bond motifs is 3. The van der Waals surface area contributed by atoms with Crippen LogP contribution in [0.15, 0.2) is 39.2 Å². The molecule has 0 bridgehead atoms. The SMILES string of the molecule is Cn1c(=O)c2c(-c3cccc(C#N)c3)n3c(c2n(C)c1=O)[C@@H](c1nc(Cl)cs1)C[C@H]3CO. The Morgan fingerprint density at radius 3 is 2.75 bits per heavy atom. The number of aromatic nitrogens is 4. The highest BCUT2D eigenvalue weighted by Crippen LogP contribution is 2.49. The highest BCUT2D eigenvalue weighted by Gasteiger charge is 2.40. The Morgan fingerprint density at radius 2 is 2.09 bits per heavy atom. The summed E-state index contributed by atoms with van der Waals surface area (Å²) in [5, 5.41) is 22.9. The van der Waals surface area contributed by atoms with Gasteiger partial charge in [0, 0.05) is 25.0 Å². The number of aliphatic hydroxyl groups excluding tert-OH is 1. The Balaban J connectivity index is 1.98. The van der Waals surface area contributed by atoms with Crippen molar-refractivity contribution < 1.29 is 5.11 Å². The Kier molecular flexibility index (Phi) is 4.82. The van der Waals surface area contributed by atoms with E-state index in [1.165, 1.54) is 23.0 Å². The van der Waals surface area contributed by atoms with Crippen LogP contribution in [-0.2, 0) is 14.1 Å². The Hall–Kier alpha value is -3.19. The maximum Gasteiger partial charge on any atom is 0.331 e. The molecule has 4 heterocycles. The van der Waals surface area contributed by atoms with Crippen molar-refractivity contribution >= 4 is 33.8 Å². The smallest absolute Gasteiger partial charge is 0.331 e. The largest absolute Gasteiger partial charge is 0.394 e. The minimum Gasteiger partial charge on any atom is -0.394 e. The van der Waals surface area contributed by atoms with Crippen LogP contribution < -0.4 is 11.2 Å². The minimum atomic E-state index is -0.434. The van der Waals surface area contributed by atoms with Crippen LogP contribution in [0.4, 0.5) is 0 Å². The average molecular weight is 468 g/mol. The van der Waals surface area contributed by atoms with Crippen LogP contribution in [-0.4, -0.2) is 30.4 Å². The van der Waals surface area contributed by atoms with E-state index in [-0.39, 0.29) is 18.6 Å². The van der Waals surface area contributed by atoms with Crippen molar-refractivity contribution in [3.63, 3.8) is 0 Å². The van der Waals surface area contributed by atoms with Crippen LogP contribution in [0, 0.1) is 11.3 Å². The summed E-state index contributed by atoms with van der Waals surface area (Å²) in [6.45, 7) is -0.150. The van der Waals surface area contributed by atoms with Crippen LogP contribution in [0.3, 0.4) is 0 Å². The number of benzene rings is 1. The second-order valence-corrected chi connectivity index (χ2v) is 9.14. The molecule has 0 amide bonds. The fourth-order valence-electron chi connectivity index (χ4n) is 4.73. The first-order valence-corrected chi connectivity index (χ1v) is 11.2. The van der Waals surface area contributed by atoms with E-state index in [1.807, 2.05) is 10.6 Å². The molecule has 10 heteroatoms. The van der Waals surface area contributed by atoms with Crippen molar-refractivity contribution in [1.29, 1.82) is 5.26 Å². The molecule has 0 spiro atoms. The lowest BCUT2D eigenvalue weighted by molar-refractivity contribution is 0.232. The molecule has 5 rings (SSSR count). The zero-order valence-corrected chi connectivity index (χ0v) is 18.8. The van der Waals surface area contributed by atoms with Crippen molar-refractivity contribution in [2.24, 2.45) is 14.1 Å². The molecular formula is C22H18ClN5O3S. The first-order chi connectivity index (χ1) is 15.4. The molecular weight excluding hydrogens is 450 g/mol. The molecule has 0 radical (unpaired) electrons. The third kappa shape index (κ3) is 2.80. The molecule has 0 unspecified atom stereocenters. The molecule has 0 saturated heterocycles. The molecule has 4 aromatic rings. The van der Waals surface area contributed by atoms with E-state index in [4.69, 9.17) is 11.6 Å². The van der Waals surface area contributed by atoms with Crippen molar-refractivity contribution in [2.45, 2.75) is 18.4 Å². The lowest BCUT2D eigenvalue weighted by Crippen LogP contribution is -2.37. The van der Waals surface area contributed by atoms with Crippen LogP contribution >= 0.6 is 22.9 Å². The minimum absolute atomic E-state index is 0.150. The third-order valence-corrected chi connectivity index (χ3v) is 7.40. The van der Waals surface area contributed by atoms with Gasteiger partial charge in [0.05, 0.1) is 52.5 Å². The molecule has 0 fully saturated rings. The van der Waals surface area contributed by atoms with Gasteiger partial charge in [0.15, 0.2) is 0 Å². The number of rotatable bonds is 3. The molecule has 2 atom stereocenters. The van der Waals surface area contributed by atoms with Gasteiger partial charge in [-0.2, -0.15) is 5.26 Å². The molecule has 1 aliphatic heterocycles. The summed E-state index contributed by atoms with van der Waals surface area (Å²) in [7, 11) is 3.09. The third-order valence-electron chi connectivity index (χ3n) is 6.12. The number of nitriles is 1. The normalized spacial score (nSPS) is 17.6. The first kappa shape index (κ1) is 20.7. The molecule has 1 aromatic carbocycles. The number of halogens is 1. The van der Waals surface area contributed by atoms with Crippen molar-refractivity contribution in [2.75, 3.05) is 6.61 Å². The van der Waals surface area contributed by atoms with E-state index < -0.39 is 11.2 Å². The van der Waals surface area contributed by atoms with Gasteiger partial charge in [0.1, 0.15) is 10.2 Å². The quantitative estimate of drug-likeness (QED) is 0.498. The van der Waals surface area contributed by atoms with Crippen molar-refractivity contribution in [3.05, 3.63) is 71.9 Å². The summed E-state index contributed by atoms with van der Waals surface area (Å²) in [5.74, 6) is -0.238. The highest BCUT2D eigenvalue weighted by molar-refractivity contribution is 7.10. The average Bonchev–Trinajstić information content (AvgIpc) is 3.48. The topological polar surface area (TPSA) is 106 Å². The summed E-state index contributed by atoms with van der Waals surface area (Å²) in [4.78, 5) is 30.7. The van der Waals surface area contributed by atoms with Crippen LogP contribution in [0.5, 0.6) is 0 Å². The van der Waals surface area contributed by atoms with E-state index in [1.54, 1.807) is 30.6 Å². The van der Waals surface area contributed by atoms with Crippen LogP contribution in [0.2, 0.25) is 5.15 Å². The van der Waals surface area contributed by atoms with Gasteiger partial charge in [-0.25, -0.2) is 9.78 Å². The lowest BCUT2D eigenvalue weighted by Gasteiger charge is -2.15. The van der Waals surface area contributed by atoms with Gasteiger partial charge in [-0.15, -0.1) is 11.3 Å². The highest BCUT2D eigenvalue weighted by atomic mass is 35.5. The van der Waals surface area contributed by atoms with E-state index in [2.05, 4.69) is 11.1 Å². The summed E-state index contributed by atoms with van der Waals surface area (Å²) in [5.41, 5.74) is 2.13. The summed E-state index contributed by atoms with van der Waals surface area (Å²) < 4.78 is 4.50. The molecule has 162 valence electrons. The van der Waals surface area contributed by atoms with Gasteiger partial charge in [-0.05, 0) is 18.6 Å². The maximum atomic E-state index is 13.4. The van der Waals surface area contributed by atoms with Gasteiger partial charge in [0.2, 0.25) is 0 Å². The predicted octanol–water partition coefficient (Wildman–Crippen LogP) is 2.76. The molecule has 0 saturated carbocycles. The Labute approximate surface area is 191 Å². The van der Waals surface area contributed by atoms with Crippen molar-refractivity contribution in [3.8, 4) is 17.3 Å². The van der Waals surface area contributed by atoms with Gasteiger partial charge < -0.3 is 9.67 Å². The van der Waals surface area contributed by atoms with Crippen LogP contribution in [0.1, 0.15) is 34.6 Å². The Morgan fingerprint density at radius 1 is 1.31 bits per heavy atom. The van der Waals surface area contributed by atoms with Crippen molar-refractivity contribution in [1.82, 2.24) is 18.7 Å². The Bertz CT molecular complexity index is 1550. The van der Waals surface area contributed by atoms with E-state index in [9.17, 15) is 20.0 Å². The monoisotopic (exact) mass is 467 g/mol. The standard InChI is InChI=1S/C22H18ClN5O3S/c1-26-19-16(21(30)27(2)22(26)31)17(12-5-3-4-11(6-12)8-24)28-13(9-29)7-14(18(19)28)20-25-15(23)10-32-20/h3-6,10,13-14,29H,7,9H2,1-2H3/t13-,14-/m0/s1. The number of aryl methyl sites for hydroxylation is 1. The second-order valence-electron chi connectivity index (χ2n) is 7.86. The fourth-order valence-corrected chi connectivity index (χ4v) is 5.80. The summed E-state index contributed by atoms with van der Waals surface area (Å²) >= 11 is 7.50. The second kappa shape index (κ2) is 7.45. The molecule has 3 aromatic heterocycles. The van der Waals surface area contributed by atoms with E-state index in [0.29, 0.717) is 39.3 Å². The van der Waals surface area contributed by atoms with Gasteiger partial charge >= 0.3 is 5.69 Å². The number of nitrogens with zero attached hydrogens (tertiary/aromatic N) is 5. The van der Waals surface area contributed by atoms with Crippen LogP contribution in [0.25, 0.3) is 22.2 Å². The number of thiazole rings is 1. The molecule has 1 N–H and O–H groups in total. The molecule has 8 nitrogen and oxygen atoms in total. The molecule has 32 heavy (non-hydrogen) atoms. The maximum absolute atomic E-state index is 13.4. The number of hydrogen-bond acceptors (Lipinski definition) is 6.